The molecule has 0 heterocycles. The topological polar surface area (TPSA) is 38.7 Å². The second kappa shape index (κ2) is 6.23. The highest BCUT2D eigenvalue weighted by Crippen LogP contribution is 2.29. The number of ether oxygens (including phenoxy) is 2. The molecule has 0 bridgehead atoms. The van der Waals surface area contributed by atoms with E-state index in [2.05, 4.69) is 15.9 Å². The second-order valence-electron chi connectivity index (χ2n) is 3.74. The van der Waals surface area contributed by atoms with Crippen molar-refractivity contribution in [1.29, 1.82) is 0 Å². The van der Waals surface area contributed by atoms with Gasteiger partial charge in [-0.25, -0.2) is 0 Å². The van der Waals surface area contributed by atoms with Crippen molar-refractivity contribution in [2.75, 3.05) is 13.7 Å². The molecule has 1 rings (SSSR count). The van der Waals surface area contributed by atoms with Crippen molar-refractivity contribution in [3.05, 3.63) is 28.2 Å². The number of halogens is 1. The summed E-state index contributed by atoms with van der Waals surface area (Å²) in [5.74, 6) is 0.697. The first-order valence-electron chi connectivity index (χ1n) is 5.17. The predicted octanol–water partition coefficient (Wildman–Crippen LogP) is 2.92. The summed E-state index contributed by atoms with van der Waals surface area (Å²) >= 11 is 3.37. The third kappa shape index (κ3) is 3.77. The molecule has 3 nitrogen and oxygen atoms in total. The lowest BCUT2D eigenvalue weighted by Gasteiger charge is -2.18. The molecular formula is C12H17BrO3. The summed E-state index contributed by atoms with van der Waals surface area (Å²) in [6.45, 7) is 4.17. The third-order valence-electron chi connectivity index (χ3n) is 2.15. The molecule has 0 fully saturated rings. The Balaban J connectivity index is 2.86. The van der Waals surface area contributed by atoms with Gasteiger partial charge in [-0.15, -0.1) is 0 Å². The van der Waals surface area contributed by atoms with E-state index in [1.807, 2.05) is 25.1 Å². The van der Waals surface area contributed by atoms with Gasteiger partial charge in [0, 0.05) is 17.1 Å². The summed E-state index contributed by atoms with van der Waals surface area (Å²) in [7, 11) is 1.64. The third-order valence-corrected chi connectivity index (χ3v) is 2.64. The van der Waals surface area contributed by atoms with Gasteiger partial charge in [-0.1, -0.05) is 15.9 Å². The van der Waals surface area contributed by atoms with Gasteiger partial charge in [0.1, 0.15) is 11.9 Å². The first kappa shape index (κ1) is 13.5. The van der Waals surface area contributed by atoms with Gasteiger partial charge < -0.3 is 14.6 Å². The van der Waals surface area contributed by atoms with Crippen molar-refractivity contribution in [1.82, 2.24) is 0 Å². The fourth-order valence-corrected chi connectivity index (χ4v) is 1.82. The Hall–Kier alpha value is -0.580. The van der Waals surface area contributed by atoms with Gasteiger partial charge in [0.05, 0.1) is 12.7 Å². The summed E-state index contributed by atoms with van der Waals surface area (Å²) in [6.07, 6.45) is -0.592. The first-order chi connectivity index (χ1) is 7.54. The highest BCUT2D eigenvalue weighted by molar-refractivity contribution is 9.10. The molecule has 0 saturated heterocycles. The van der Waals surface area contributed by atoms with Crippen molar-refractivity contribution in [3.8, 4) is 5.75 Å². The second-order valence-corrected chi connectivity index (χ2v) is 4.66. The molecule has 0 aliphatic rings. The van der Waals surface area contributed by atoms with Gasteiger partial charge in [0.25, 0.3) is 0 Å². The Labute approximate surface area is 105 Å². The minimum atomic E-state index is -0.553. The fourth-order valence-electron chi connectivity index (χ4n) is 1.44. The predicted molar refractivity (Wildman–Crippen MR) is 66.7 cm³/mol. The Morgan fingerprint density at radius 3 is 2.62 bits per heavy atom. The van der Waals surface area contributed by atoms with E-state index in [1.165, 1.54) is 0 Å². The van der Waals surface area contributed by atoms with E-state index in [0.717, 1.165) is 10.0 Å². The van der Waals surface area contributed by atoms with E-state index in [0.29, 0.717) is 12.4 Å². The Morgan fingerprint density at radius 2 is 2.06 bits per heavy atom. The minimum absolute atomic E-state index is 0.0383. The summed E-state index contributed by atoms with van der Waals surface area (Å²) in [6, 6.07) is 5.60. The van der Waals surface area contributed by atoms with Crippen LogP contribution in [0.4, 0.5) is 0 Å². The average Bonchev–Trinajstić information content (AvgIpc) is 2.20. The molecular weight excluding hydrogens is 272 g/mol. The molecule has 0 radical (unpaired) electrons. The molecule has 0 aromatic heterocycles. The standard InChI is InChI=1S/C12H17BrO3/c1-8(7-15-3)16-12-5-4-10(13)6-11(12)9(2)14/h4-6,8-9,14H,7H2,1-3H3. The van der Waals surface area contributed by atoms with Gasteiger partial charge in [-0.05, 0) is 32.0 Å². The van der Waals surface area contributed by atoms with E-state index < -0.39 is 6.10 Å². The van der Waals surface area contributed by atoms with Crippen LogP contribution >= 0.6 is 15.9 Å². The summed E-state index contributed by atoms with van der Waals surface area (Å²) in [5.41, 5.74) is 0.775. The van der Waals surface area contributed by atoms with Gasteiger partial charge in [-0.3, -0.25) is 0 Å². The van der Waals surface area contributed by atoms with Crippen molar-refractivity contribution >= 4 is 15.9 Å². The molecule has 4 heteroatoms. The van der Waals surface area contributed by atoms with Crippen LogP contribution in [0.3, 0.4) is 0 Å². The molecule has 0 amide bonds. The van der Waals surface area contributed by atoms with E-state index in [9.17, 15) is 5.11 Å². The number of hydrogen-bond donors (Lipinski definition) is 1. The molecule has 2 unspecified atom stereocenters. The van der Waals surface area contributed by atoms with Gasteiger partial charge in [0.15, 0.2) is 0 Å². The summed E-state index contributed by atoms with van der Waals surface area (Å²) < 4.78 is 11.6. The monoisotopic (exact) mass is 288 g/mol. The molecule has 0 aliphatic carbocycles. The number of aliphatic hydroxyl groups is 1. The lowest BCUT2D eigenvalue weighted by Crippen LogP contribution is -2.19. The summed E-state index contributed by atoms with van der Waals surface area (Å²) in [4.78, 5) is 0. The number of benzene rings is 1. The maximum atomic E-state index is 9.64. The van der Waals surface area contributed by atoms with Crippen LogP contribution in [0, 0.1) is 0 Å². The quantitative estimate of drug-likeness (QED) is 0.905. The highest BCUT2D eigenvalue weighted by atomic mass is 79.9. The number of methoxy groups -OCH3 is 1. The SMILES string of the molecule is COCC(C)Oc1ccc(Br)cc1C(C)O. The number of hydrogen-bond acceptors (Lipinski definition) is 3. The Kier molecular flexibility index (Phi) is 5.25. The normalized spacial score (nSPS) is 14.6. The Morgan fingerprint density at radius 1 is 1.38 bits per heavy atom. The molecule has 1 N–H and O–H groups in total. The van der Waals surface area contributed by atoms with Crippen LogP contribution in [-0.2, 0) is 4.74 Å². The van der Waals surface area contributed by atoms with Crippen LogP contribution in [0.2, 0.25) is 0 Å². The van der Waals surface area contributed by atoms with Crippen LogP contribution in [0.25, 0.3) is 0 Å². The smallest absolute Gasteiger partial charge is 0.125 e. The van der Waals surface area contributed by atoms with Crippen LogP contribution in [-0.4, -0.2) is 24.9 Å². The Bertz CT molecular complexity index is 339. The molecule has 0 saturated carbocycles. The van der Waals surface area contributed by atoms with Gasteiger partial charge >= 0.3 is 0 Å². The zero-order chi connectivity index (χ0) is 12.1. The van der Waals surface area contributed by atoms with Crippen LogP contribution < -0.4 is 4.74 Å². The van der Waals surface area contributed by atoms with E-state index in [4.69, 9.17) is 9.47 Å². The molecule has 90 valence electrons. The van der Waals surface area contributed by atoms with Crippen molar-refractivity contribution in [3.63, 3.8) is 0 Å². The average molecular weight is 289 g/mol. The van der Waals surface area contributed by atoms with Crippen LogP contribution in [0.5, 0.6) is 5.75 Å². The minimum Gasteiger partial charge on any atom is -0.488 e. The molecule has 0 aliphatic heterocycles. The molecule has 1 aromatic carbocycles. The van der Waals surface area contributed by atoms with Crippen molar-refractivity contribution in [2.45, 2.75) is 26.1 Å². The maximum absolute atomic E-state index is 9.64. The highest BCUT2D eigenvalue weighted by Gasteiger charge is 2.12. The zero-order valence-corrected chi connectivity index (χ0v) is 11.3. The number of rotatable bonds is 5. The van der Waals surface area contributed by atoms with Crippen LogP contribution in [0.15, 0.2) is 22.7 Å². The van der Waals surface area contributed by atoms with Gasteiger partial charge in [0.2, 0.25) is 0 Å². The first-order valence-corrected chi connectivity index (χ1v) is 5.97. The van der Waals surface area contributed by atoms with E-state index in [-0.39, 0.29) is 6.10 Å². The van der Waals surface area contributed by atoms with Crippen molar-refractivity contribution in [2.24, 2.45) is 0 Å². The lowest BCUT2D eigenvalue weighted by atomic mass is 10.1. The summed E-state index contributed by atoms with van der Waals surface area (Å²) in [5, 5.41) is 9.64. The number of aliphatic hydroxyl groups excluding tert-OH is 1. The van der Waals surface area contributed by atoms with E-state index in [1.54, 1.807) is 14.0 Å². The van der Waals surface area contributed by atoms with Crippen LogP contribution in [0.1, 0.15) is 25.5 Å². The fraction of sp³-hybridized carbons (Fsp3) is 0.500. The lowest BCUT2D eigenvalue weighted by molar-refractivity contribution is 0.0886. The maximum Gasteiger partial charge on any atom is 0.125 e. The molecule has 16 heavy (non-hydrogen) atoms. The zero-order valence-electron chi connectivity index (χ0n) is 9.74. The van der Waals surface area contributed by atoms with Gasteiger partial charge in [-0.2, -0.15) is 0 Å². The molecule has 1 aromatic rings. The molecule has 2 atom stereocenters. The van der Waals surface area contributed by atoms with Crippen molar-refractivity contribution < 1.29 is 14.6 Å². The molecule has 0 spiro atoms. The largest absolute Gasteiger partial charge is 0.488 e. The van der Waals surface area contributed by atoms with E-state index >= 15 is 0 Å².